The van der Waals surface area contributed by atoms with Crippen molar-refractivity contribution < 1.29 is 0 Å². The Kier molecular flexibility index (Phi) is 2.99. The third-order valence-corrected chi connectivity index (χ3v) is 5.20. The summed E-state index contributed by atoms with van der Waals surface area (Å²) in [4.78, 5) is 10.3. The van der Waals surface area contributed by atoms with Crippen LogP contribution in [-0.4, -0.2) is 14.5 Å². The Morgan fingerprint density at radius 1 is 1.04 bits per heavy atom. The smallest absolute Gasteiger partial charge is 0.209 e. The summed E-state index contributed by atoms with van der Waals surface area (Å²) in [6.45, 7) is 0. The highest BCUT2D eigenvalue weighted by atomic mass is 32.1. The fraction of sp³-hybridized carbons (Fsp3) is 0.0526. The lowest BCUT2D eigenvalue weighted by molar-refractivity contribution is 0.733. The number of pyridine rings is 1. The van der Waals surface area contributed by atoms with E-state index in [0.717, 1.165) is 28.2 Å². The van der Waals surface area contributed by atoms with Gasteiger partial charge in [0.15, 0.2) is 0 Å². The molecule has 1 aliphatic heterocycles. The molecule has 1 unspecified atom stereocenters. The van der Waals surface area contributed by atoms with E-state index in [1.165, 1.54) is 4.88 Å². The van der Waals surface area contributed by atoms with E-state index in [-0.39, 0.29) is 6.04 Å². The summed E-state index contributed by atoms with van der Waals surface area (Å²) >= 11 is 1.77. The highest BCUT2D eigenvalue weighted by Crippen LogP contribution is 2.37. The molecule has 0 saturated carbocycles. The van der Waals surface area contributed by atoms with Crippen molar-refractivity contribution in [2.45, 2.75) is 6.04 Å². The molecule has 0 fully saturated rings. The first kappa shape index (κ1) is 13.5. The average molecular weight is 330 g/mol. The number of rotatable bonds is 2. The summed E-state index contributed by atoms with van der Waals surface area (Å²) in [6, 6.07) is 16.7. The molecular weight excluding hydrogens is 316 g/mol. The van der Waals surface area contributed by atoms with Crippen LogP contribution in [-0.2, 0) is 0 Å². The fourth-order valence-electron chi connectivity index (χ4n) is 3.17. The second-order valence-corrected chi connectivity index (χ2v) is 6.68. The van der Waals surface area contributed by atoms with Gasteiger partial charge in [0.05, 0.1) is 17.1 Å². The third-order valence-electron chi connectivity index (χ3n) is 4.25. The van der Waals surface area contributed by atoms with Crippen LogP contribution in [0.15, 0.2) is 72.4 Å². The highest BCUT2D eigenvalue weighted by Gasteiger charge is 2.25. The number of anilines is 1. The summed E-state index contributed by atoms with van der Waals surface area (Å²) in [5.41, 5.74) is 4.25. The Morgan fingerprint density at radius 3 is 2.83 bits per heavy atom. The minimum atomic E-state index is 0.129. The number of hydrogen-bond acceptors (Lipinski definition) is 4. The van der Waals surface area contributed by atoms with Crippen molar-refractivity contribution in [1.82, 2.24) is 14.5 Å². The number of aromatic nitrogens is 3. The molecule has 1 aliphatic rings. The molecule has 0 saturated heterocycles. The molecule has 1 atom stereocenters. The van der Waals surface area contributed by atoms with Crippen molar-refractivity contribution in [3.8, 4) is 0 Å². The number of nitrogens with zero attached hydrogens (tertiary/aromatic N) is 3. The second kappa shape index (κ2) is 5.32. The molecule has 5 rings (SSSR count). The molecule has 0 radical (unpaired) electrons. The van der Waals surface area contributed by atoms with Crippen molar-refractivity contribution in [3.05, 3.63) is 82.8 Å². The lowest BCUT2D eigenvalue weighted by Crippen LogP contribution is -2.18. The predicted molar refractivity (Wildman–Crippen MR) is 98.0 cm³/mol. The molecule has 1 aromatic carbocycles. The molecule has 0 aliphatic carbocycles. The van der Waals surface area contributed by atoms with E-state index in [9.17, 15) is 0 Å². The Morgan fingerprint density at radius 2 is 2.00 bits per heavy atom. The Bertz CT molecular complexity index is 1030. The SMILES string of the molecule is C1=C(c2cccnc2)Nc2nc3ccccc3n2C1c1cccs1. The quantitative estimate of drug-likeness (QED) is 0.586. The molecule has 4 aromatic rings. The Hall–Kier alpha value is -2.92. The zero-order valence-electron chi connectivity index (χ0n) is 12.8. The molecule has 24 heavy (non-hydrogen) atoms. The molecular formula is C19H14N4S. The van der Waals surface area contributed by atoms with Gasteiger partial charge in [0.2, 0.25) is 5.95 Å². The van der Waals surface area contributed by atoms with Crippen LogP contribution in [0.5, 0.6) is 0 Å². The number of para-hydroxylation sites is 2. The van der Waals surface area contributed by atoms with Gasteiger partial charge < -0.3 is 5.32 Å². The first-order chi connectivity index (χ1) is 11.9. The van der Waals surface area contributed by atoms with Gasteiger partial charge in [0, 0.05) is 28.5 Å². The molecule has 1 N–H and O–H groups in total. The van der Waals surface area contributed by atoms with E-state index >= 15 is 0 Å². The van der Waals surface area contributed by atoms with Crippen LogP contribution < -0.4 is 5.32 Å². The summed E-state index contributed by atoms with van der Waals surface area (Å²) in [5.74, 6) is 0.871. The molecule has 5 heteroatoms. The lowest BCUT2D eigenvalue weighted by Gasteiger charge is -2.25. The molecule has 0 spiro atoms. The second-order valence-electron chi connectivity index (χ2n) is 5.70. The van der Waals surface area contributed by atoms with Crippen molar-refractivity contribution >= 4 is 34.0 Å². The minimum absolute atomic E-state index is 0.129. The van der Waals surface area contributed by atoms with Crippen molar-refractivity contribution in [3.63, 3.8) is 0 Å². The maximum absolute atomic E-state index is 4.78. The van der Waals surface area contributed by atoms with Crippen LogP contribution in [0.25, 0.3) is 16.7 Å². The molecule has 0 amide bonds. The van der Waals surface area contributed by atoms with Crippen molar-refractivity contribution in [2.24, 2.45) is 0 Å². The van der Waals surface area contributed by atoms with E-state index in [1.807, 2.05) is 18.3 Å². The van der Waals surface area contributed by atoms with Gasteiger partial charge >= 0.3 is 0 Å². The standard InChI is InChI=1S/C19H14N4S/c1-2-7-16-14(6-1)21-19-22-15(13-5-3-9-20-12-13)11-17(23(16)19)18-8-4-10-24-18/h1-12,17H,(H,21,22). The van der Waals surface area contributed by atoms with Crippen LogP contribution in [0.1, 0.15) is 16.5 Å². The molecule has 4 nitrogen and oxygen atoms in total. The Balaban J connectivity index is 1.74. The maximum Gasteiger partial charge on any atom is 0.209 e. The van der Waals surface area contributed by atoms with Crippen molar-refractivity contribution in [1.29, 1.82) is 0 Å². The maximum atomic E-state index is 4.78. The van der Waals surface area contributed by atoms with E-state index in [1.54, 1.807) is 17.5 Å². The van der Waals surface area contributed by atoms with Crippen LogP contribution >= 0.6 is 11.3 Å². The fourth-order valence-corrected chi connectivity index (χ4v) is 3.95. The van der Waals surface area contributed by atoms with Gasteiger partial charge in [0.1, 0.15) is 0 Å². The van der Waals surface area contributed by atoms with E-state index in [4.69, 9.17) is 4.98 Å². The number of hydrogen-bond donors (Lipinski definition) is 1. The van der Waals surface area contributed by atoms with Gasteiger partial charge in [-0.3, -0.25) is 9.55 Å². The summed E-state index contributed by atoms with van der Waals surface area (Å²) < 4.78 is 2.26. The number of benzene rings is 1. The lowest BCUT2D eigenvalue weighted by atomic mass is 10.1. The molecule has 116 valence electrons. The summed E-state index contributed by atoms with van der Waals surface area (Å²) in [7, 11) is 0. The average Bonchev–Trinajstić information content (AvgIpc) is 3.29. The van der Waals surface area contributed by atoms with E-state index in [0.29, 0.717) is 0 Å². The first-order valence-electron chi connectivity index (χ1n) is 7.80. The van der Waals surface area contributed by atoms with Crippen molar-refractivity contribution in [2.75, 3.05) is 5.32 Å². The van der Waals surface area contributed by atoms with E-state index < -0.39 is 0 Å². The minimum Gasteiger partial charge on any atom is -0.325 e. The number of imidazole rings is 1. The number of allylic oxidation sites excluding steroid dienone is 1. The van der Waals surface area contributed by atoms with Gasteiger partial charge in [-0.05, 0) is 41.8 Å². The number of fused-ring (bicyclic) bond motifs is 3. The monoisotopic (exact) mass is 330 g/mol. The van der Waals surface area contributed by atoms with Crippen LogP contribution in [0, 0.1) is 0 Å². The van der Waals surface area contributed by atoms with E-state index in [2.05, 4.69) is 62.7 Å². The largest absolute Gasteiger partial charge is 0.325 e. The topological polar surface area (TPSA) is 42.7 Å². The van der Waals surface area contributed by atoms with Gasteiger partial charge in [-0.2, -0.15) is 0 Å². The zero-order chi connectivity index (χ0) is 15.9. The van der Waals surface area contributed by atoms with Gasteiger partial charge in [-0.1, -0.05) is 18.2 Å². The number of thiophene rings is 1. The third kappa shape index (κ3) is 2.06. The summed E-state index contributed by atoms with van der Waals surface area (Å²) in [6.07, 6.45) is 5.92. The van der Waals surface area contributed by atoms with Crippen LogP contribution in [0.4, 0.5) is 5.95 Å². The molecule has 3 aromatic heterocycles. The van der Waals surface area contributed by atoms with Gasteiger partial charge in [-0.15, -0.1) is 11.3 Å². The Labute approximate surface area is 143 Å². The number of nitrogens with one attached hydrogen (secondary N) is 1. The molecule has 4 heterocycles. The van der Waals surface area contributed by atoms with Gasteiger partial charge in [-0.25, -0.2) is 4.98 Å². The zero-order valence-corrected chi connectivity index (χ0v) is 13.6. The normalized spacial score (nSPS) is 16.5. The van der Waals surface area contributed by atoms with Crippen LogP contribution in [0.3, 0.4) is 0 Å². The molecule has 0 bridgehead atoms. The summed E-state index contributed by atoms with van der Waals surface area (Å²) in [5, 5.41) is 5.59. The predicted octanol–water partition coefficient (Wildman–Crippen LogP) is 4.55. The first-order valence-corrected chi connectivity index (χ1v) is 8.68. The van der Waals surface area contributed by atoms with Gasteiger partial charge in [0.25, 0.3) is 0 Å². The van der Waals surface area contributed by atoms with Crippen LogP contribution in [0.2, 0.25) is 0 Å². The highest BCUT2D eigenvalue weighted by molar-refractivity contribution is 7.10.